The van der Waals surface area contributed by atoms with Crippen molar-refractivity contribution in [3.63, 3.8) is 0 Å². The predicted octanol–water partition coefficient (Wildman–Crippen LogP) is 4.59. The fourth-order valence-corrected chi connectivity index (χ4v) is 4.06. The van der Waals surface area contributed by atoms with Crippen molar-refractivity contribution in [2.24, 2.45) is 0 Å². The van der Waals surface area contributed by atoms with Gasteiger partial charge in [0.15, 0.2) is 0 Å². The molecule has 0 amide bonds. The van der Waals surface area contributed by atoms with E-state index in [4.69, 9.17) is 23.2 Å². The van der Waals surface area contributed by atoms with Crippen LogP contribution in [-0.4, -0.2) is 28.8 Å². The first-order chi connectivity index (χ1) is 11.5. The number of halogens is 2. The summed E-state index contributed by atoms with van der Waals surface area (Å²) in [5, 5.41) is 14.4. The summed E-state index contributed by atoms with van der Waals surface area (Å²) in [4.78, 5) is 10.2. The molecule has 0 bridgehead atoms. The SMILES string of the molecule is CC(NCC(O)CP(O)Cc1ccccc1)c1ccc(Cl)c(Cl)c1. The van der Waals surface area contributed by atoms with Gasteiger partial charge in [0.05, 0.1) is 16.1 Å². The van der Waals surface area contributed by atoms with Crippen molar-refractivity contribution in [3.8, 4) is 0 Å². The third kappa shape index (κ3) is 6.33. The Morgan fingerprint density at radius 1 is 1.08 bits per heavy atom. The van der Waals surface area contributed by atoms with Crippen molar-refractivity contribution in [3.05, 3.63) is 69.7 Å². The summed E-state index contributed by atoms with van der Waals surface area (Å²) in [7, 11) is -1.22. The van der Waals surface area contributed by atoms with Crippen LogP contribution in [0.2, 0.25) is 10.0 Å². The van der Waals surface area contributed by atoms with Gasteiger partial charge in [-0.2, -0.15) is 0 Å². The smallest absolute Gasteiger partial charge is 0.0725 e. The van der Waals surface area contributed by atoms with Crippen molar-refractivity contribution >= 4 is 31.4 Å². The van der Waals surface area contributed by atoms with Crippen LogP contribution in [0.3, 0.4) is 0 Å². The molecule has 0 aromatic heterocycles. The van der Waals surface area contributed by atoms with Crippen LogP contribution in [0.5, 0.6) is 0 Å². The largest absolute Gasteiger partial charge is 0.391 e. The molecular weight excluding hydrogens is 364 g/mol. The second-order valence-corrected chi connectivity index (χ2v) is 8.30. The molecule has 2 aromatic carbocycles. The Bertz CT molecular complexity index is 642. The molecule has 130 valence electrons. The van der Waals surface area contributed by atoms with Gasteiger partial charge in [-0.25, -0.2) is 0 Å². The number of benzene rings is 2. The van der Waals surface area contributed by atoms with Crippen LogP contribution in [0.1, 0.15) is 24.1 Å². The standard InChI is InChI=1S/C18H22Cl2NO2P/c1-13(15-7-8-17(19)18(20)9-15)21-10-16(22)12-24(23)11-14-5-3-2-4-6-14/h2-9,13,16,21-23H,10-12H2,1H3. The maximum atomic E-state index is 10.2. The number of hydrogen-bond acceptors (Lipinski definition) is 3. The number of hydrogen-bond donors (Lipinski definition) is 3. The zero-order chi connectivity index (χ0) is 17.5. The Labute approximate surface area is 154 Å². The third-order valence-corrected chi connectivity index (χ3v) is 6.04. The monoisotopic (exact) mass is 385 g/mol. The molecule has 0 radical (unpaired) electrons. The lowest BCUT2D eigenvalue weighted by Crippen LogP contribution is -2.31. The van der Waals surface area contributed by atoms with Gasteiger partial charge in [-0.1, -0.05) is 59.6 Å². The van der Waals surface area contributed by atoms with Gasteiger partial charge in [-0.05, 0) is 30.2 Å². The summed E-state index contributed by atoms with van der Waals surface area (Å²) in [5.41, 5.74) is 2.10. The van der Waals surface area contributed by atoms with Gasteiger partial charge in [0.25, 0.3) is 0 Å². The van der Waals surface area contributed by atoms with Gasteiger partial charge in [0, 0.05) is 33.1 Å². The van der Waals surface area contributed by atoms with Gasteiger partial charge >= 0.3 is 0 Å². The summed E-state index contributed by atoms with van der Waals surface area (Å²) in [5.74, 6) is 0. The van der Waals surface area contributed by atoms with Crippen molar-refractivity contribution in [1.82, 2.24) is 5.32 Å². The molecule has 0 spiro atoms. The minimum atomic E-state index is -1.22. The van der Waals surface area contributed by atoms with E-state index in [1.807, 2.05) is 49.4 Å². The molecule has 0 aliphatic rings. The van der Waals surface area contributed by atoms with Crippen LogP contribution in [0.4, 0.5) is 0 Å². The quantitative estimate of drug-likeness (QED) is 0.582. The molecule has 3 atom stereocenters. The minimum absolute atomic E-state index is 0.0356. The summed E-state index contributed by atoms with van der Waals surface area (Å²) in [6.45, 7) is 2.41. The highest BCUT2D eigenvalue weighted by Crippen LogP contribution is 2.35. The van der Waals surface area contributed by atoms with Crippen molar-refractivity contribution in [2.75, 3.05) is 12.7 Å². The lowest BCUT2D eigenvalue weighted by Gasteiger charge is -2.20. The summed E-state index contributed by atoms with van der Waals surface area (Å²) < 4.78 is 0. The summed E-state index contributed by atoms with van der Waals surface area (Å²) in [6, 6.07) is 15.4. The molecule has 0 aliphatic carbocycles. The molecule has 3 nitrogen and oxygen atoms in total. The van der Waals surface area contributed by atoms with Crippen LogP contribution in [0.15, 0.2) is 48.5 Å². The Balaban J connectivity index is 1.77. The third-order valence-electron chi connectivity index (χ3n) is 3.73. The second kappa shape index (κ2) is 9.72. The zero-order valence-corrected chi connectivity index (χ0v) is 15.9. The highest BCUT2D eigenvalue weighted by molar-refractivity contribution is 7.50. The van der Waals surface area contributed by atoms with E-state index >= 15 is 0 Å². The highest BCUT2D eigenvalue weighted by Gasteiger charge is 2.14. The Morgan fingerprint density at radius 2 is 1.79 bits per heavy atom. The van der Waals surface area contributed by atoms with Crippen LogP contribution in [-0.2, 0) is 6.16 Å². The molecule has 2 rings (SSSR count). The van der Waals surface area contributed by atoms with Crippen LogP contribution in [0, 0.1) is 0 Å². The maximum Gasteiger partial charge on any atom is 0.0725 e. The molecule has 0 saturated carbocycles. The van der Waals surface area contributed by atoms with Gasteiger partial charge < -0.3 is 15.3 Å². The molecule has 0 saturated heterocycles. The van der Waals surface area contributed by atoms with Crippen molar-refractivity contribution in [2.45, 2.75) is 25.2 Å². The molecule has 0 fully saturated rings. The van der Waals surface area contributed by atoms with E-state index < -0.39 is 14.3 Å². The van der Waals surface area contributed by atoms with Gasteiger partial charge in [-0.15, -0.1) is 0 Å². The van der Waals surface area contributed by atoms with Crippen LogP contribution >= 0.6 is 31.4 Å². The van der Waals surface area contributed by atoms with E-state index in [1.54, 1.807) is 6.07 Å². The average Bonchev–Trinajstić information content (AvgIpc) is 2.56. The molecule has 0 heterocycles. The van der Waals surface area contributed by atoms with E-state index in [0.717, 1.165) is 11.1 Å². The summed E-state index contributed by atoms with van der Waals surface area (Å²) in [6.07, 6.45) is 0.413. The summed E-state index contributed by atoms with van der Waals surface area (Å²) >= 11 is 11.9. The normalized spacial score (nSPS) is 15.0. The first-order valence-corrected chi connectivity index (χ1v) is 10.2. The number of aliphatic hydroxyl groups excluding tert-OH is 1. The first kappa shape index (κ1) is 19.7. The van der Waals surface area contributed by atoms with Crippen LogP contribution in [0.25, 0.3) is 0 Å². The number of nitrogens with one attached hydrogen (secondary N) is 1. The number of aliphatic hydroxyl groups is 1. The first-order valence-electron chi connectivity index (χ1n) is 7.80. The molecule has 3 N–H and O–H groups in total. The highest BCUT2D eigenvalue weighted by atomic mass is 35.5. The van der Waals surface area contributed by atoms with E-state index in [-0.39, 0.29) is 6.04 Å². The molecule has 0 aliphatic heterocycles. The van der Waals surface area contributed by atoms with E-state index in [9.17, 15) is 10.00 Å². The molecule has 3 unspecified atom stereocenters. The molecule has 24 heavy (non-hydrogen) atoms. The van der Waals surface area contributed by atoms with Gasteiger partial charge in [0.2, 0.25) is 0 Å². The van der Waals surface area contributed by atoms with Crippen molar-refractivity contribution in [1.29, 1.82) is 0 Å². The fraction of sp³-hybridized carbons (Fsp3) is 0.333. The molecular formula is C18H22Cl2NO2P. The van der Waals surface area contributed by atoms with E-state index in [0.29, 0.717) is 28.9 Å². The van der Waals surface area contributed by atoms with E-state index in [2.05, 4.69) is 5.32 Å². The topological polar surface area (TPSA) is 52.5 Å². The Hall–Kier alpha value is -0.670. The molecule has 2 aromatic rings. The zero-order valence-electron chi connectivity index (χ0n) is 13.5. The lowest BCUT2D eigenvalue weighted by atomic mass is 10.1. The fourth-order valence-electron chi connectivity index (χ4n) is 2.38. The predicted molar refractivity (Wildman–Crippen MR) is 103 cm³/mol. The van der Waals surface area contributed by atoms with Crippen molar-refractivity contribution < 1.29 is 10.00 Å². The lowest BCUT2D eigenvalue weighted by molar-refractivity contribution is 0.189. The maximum absolute atomic E-state index is 10.2. The molecule has 6 heteroatoms. The van der Waals surface area contributed by atoms with Crippen LogP contribution < -0.4 is 5.32 Å². The Kier molecular flexibility index (Phi) is 7.96. The Morgan fingerprint density at radius 3 is 2.46 bits per heavy atom. The second-order valence-electron chi connectivity index (χ2n) is 5.79. The van der Waals surface area contributed by atoms with Gasteiger partial charge in [-0.3, -0.25) is 0 Å². The minimum Gasteiger partial charge on any atom is -0.391 e. The average molecular weight is 386 g/mol. The van der Waals surface area contributed by atoms with Gasteiger partial charge in [0.1, 0.15) is 0 Å². The number of rotatable bonds is 8. The van der Waals surface area contributed by atoms with E-state index in [1.165, 1.54) is 0 Å².